The summed E-state index contributed by atoms with van der Waals surface area (Å²) in [7, 11) is 0. The summed E-state index contributed by atoms with van der Waals surface area (Å²) in [5.41, 5.74) is 1.25. The number of aryl methyl sites for hydroxylation is 1. The topological polar surface area (TPSA) is 16.1 Å². The van der Waals surface area contributed by atoms with Gasteiger partial charge in [-0.25, -0.2) is 4.98 Å². The number of pyridine rings is 1. The summed E-state index contributed by atoms with van der Waals surface area (Å²) in [4.78, 5) is 6.95. The summed E-state index contributed by atoms with van der Waals surface area (Å²) in [6, 6.07) is 2.63. The molecule has 0 N–H and O–H groups in total. The molecule has 1 aromatic rings. The third kappa shape index (κ3) is 2.43. The third-order valence-corrected chi connectivity index (χ3v) is 4.87. The molecule has 2 heterocycles. The van der Waals surface area contributed by atoms with Gasteiger partial charge in [0, 0.05) is 24.1 Å². The van der Waals surface area contributed by atoms with Crippen molar-refractivity contribution in [3.63, 3.8) is 0 Å². The van der Waals surface area contributed by atoms with Gasteiger partial charge in [0.15, 0.2) is 0 Å². The Morgan fingerprint density at radius 3 is 3.06 bits per heavy atom. The van der Waals surface area contributed by atoms with Gasteiger partial charge in [0.25, 0.3) is 0 Å². The highest BCUT2D eigenvalue weighted by atomic mass is 79.9. The lowest BCUT2D eigenvalue weighted by Crippen LogP contribution is -2.41. The van der Waals surface area contributed by atoms with Gasteiger partial charge >= 0.3 is 0 Å². The lowest BCUT2D eigenvalue weighted by Gasteiger charge is -2.36. The van der Waals surface area contributed by atoms with Gasteiger partial charge in [-0.05, 0) is 53.7 Å². The van der Waals surface area contributed by atoms with Gasteiger partial charge in [0.1, 0.15) is 5.82 Å². The minimum absolute atomic E-state index is 0.583. The molecule has 0 radical (unpaired) electrons. The van der Waals surface area contributed by atoms with Crippen LogP contribution in [0.1, 0.15) is 24.8 Å². The first-order valence-electron chi connectivity index (χ1n) is 5.67. The van der Waals surface area contributed by atoms with E-state index < -0.39 is 0 Å². The molecule has 1 saturated heterocycles. The van der Waals surface area contributed by atoms with Crippen LogP contribution in [-0.2, 0) is 0 Å². The van der Waals surface area contributed by atoms with Crippen molar-refractivity contribution in [3.05, 3.63) is 22.3 Å². The number of nitrogens with zero attached hydrogens (tertiary/aromatic N) is 2. The standard InChI is InChI=1S/C12H16Br2N2/c1-9-5-6-15-12(11(9)14)16-7-3-2-4-10(16)8-13/h5-6,10H,2-4,7-8H2,1H3. The number of rotatable bonds is 2. The van der Waals surface area contributed by atoms with Crippen LogP contribution in [0, 0.1) is 6.92 Å². The smallest absolute Gasteiger partial charge is 0.143 e. The second-order valence-electron chi connectivity index (χ2n) is 4.26. The van der Waals surface area contributed by atoms with E-state index >= 15 is 0 Å². The zero-order chi connectivity index (χ0) is 11.5. The van der Waals surface area contributed by atoms with Crippen LogP contribution in [0.4, 0.5) is 5.82 Å². The number of hydrogen-bond acceptors (Lipinski definition) is 2. The normalized spacial score (nSPS) is 21.2. The Bertz CT molecular complexity index is 368. The van der Waals surface area contributed by atoms with Gasteiger partial charge in [0.05, 0.1) is 4.47 Å². The molecule has 1 fully saturated rings. The second kappa shape index (κ2) is 5.50. The van der Waals surface area contributed by atoms with E-state index in [0.717, 1.165) is 22.2 Å². The van der Waals surface area contributed by atoms with Crippen LogP contribution in [0.3, 0.4) is 0 Å². The molecule has 1 atom stereocenters. The van der Waals surface area contributed by atoms with Crippen molar-refractivity contribution in [2.24, 2.45) is 0 Å². The first-order valence-corrected chi connectivity index (χ1v) is 7.59. The van der Waals surface area contributed by atoms with Crippen LogP contribution in [-0.4, -0.2) is 22.9 Å². The van der Waals surface area contributed by atoms with Crippen LogP contribution in [0.5, 0.6) is 0 Å². The summed E-state index contributed by atoms with van der Waals surface area (Å²) in [5, 5.41) is 1.02. The number of hydrogen-bond donors (Lipinski definition) is 0. The van der Waals surface area contributed by atoms with Gasteiger partial charge in [-0.1, -0.05) is 15.9 Å². The number of aromatic nitrogens is 1. The molecule has 4 heteroatoms. The highest BCUT2D eigenvalue weighted by Crippen LogP contribution is 2.31. The largest absolute Gasteiger partial charge is 0.352 e. The maximum Gasteiger partial charge on any atom is 0.143 e. The molecule has 0 aromatic carbocycles. The average Bonchev–Trinajstić information content (AvgIpc) is 2.33. The Labute approximate surface area is 114 Å². The minimum Gasteiger partial charge on any atom is -0.352 e. The first-order chi connectivity index (χ1) is 7.74. The van der Waals surface area contributed by atoms with E-state index in [4.69, 9.17) is 0 Å². The van der Waals surface area contributed by atoms with E-state index in [2.05, 4.69) is 48.7 Å². The van der Waals surface area contributed by atoms with Gasteiger partial charge in [-0.15, -0.1) is 0 Å². The van der Waals surface area contributed by atoms with E-state index in [0.29, 0.717) is 6.04 Å². The minimum atomic E-state index is 0.583. The average molecular weight is 348 g/mol. The fourth-order valence-corrected chi connectivity index (χ4v) is 3.30. The van der Waals surface area contributed by atoms with E-state index in [9.17, 15) is 0 Å². The van der Waals surface area contributed by atoms with Crippen molar-refractivity contribution >= 4 is 37.7 Å². The SMILES string of the molecule is Cc1ccnc(N2CCCCC2CBr)c1Br. The molecule has 0 spiro atoms. The maximum atomic E-state index is 4.52. The summed E-state index contributed by atoms with van der Waals surface area (Å²) in [6.07, 6.45) is 5.75. The number of piperidine rings is 1. The molecule has 1 aliphatic rings. The highest BCUT2D eigenvalue weighted by molar-refractivity contribution is 9.10. The summed E-state index contributed by atoms with van der Waals surface area (Å²) < 4.78 is 1.14. The quantitative estimate of drug-likeness (QED) is 0.754. The lowest BCUT2D eigenvalue weighted by molar-refractivity contribution is 0.487. The zero-order valence-corrected chi connectivity index (χ0v) is 12.6. The third-order valence-electron chi connectivity index (χ3n) is 3.14. The Hall–Kier alpha value is -0.0900. The Kier molecular flexibility index (Phi) is 4.25. The molecule has 0 aliphatic carbocycles. The van der Waals surface area contributed by atoms with Crippen molar-refractivity contribution in [2.75, 3.05) is 16.8 Å². The van der Waals surface area contributed by atoms with Crippen LogP contribution in [0.25, 0.3) is 0 Å². The van der Waals surface area contributed by atoms with Crippen molar-refractivity contribution in [1.29, 1.82) is 0 Å². The number of halogens is 2. The van der Waals surface area contributed by atoms with Gasteiger partial charge in [-0.3, -0.25) is 0 Å². The summed E-state index contributed by atoms with van der Waals surface area (Å²) in [6.45, 7) is 3.23. The van der Waals surface area contributed by atoms with Crippen LogP contribution in [0.15, 0.2) is 16.7 Å². The molecular formula is C12H16Br2N2. The first kappa shape index (κ1) is 12.4. The lowest BCUT2D eigenvalue weighted by atomic mass is 10.0. The van der Waals surface area contributed by atoms with E-state index in [1.54, 1.807) is 0 Å². The maximum absolute atomic E-state index is 4.52. The highest BCUT2D eigenvalue weighted by Gasteiger charge is 2.24. The molecule has 2 nitrogen and oxygen atoms in total. The van der Waals surface area contributed by atoms with E-state index in [1.165, 1.54) is 24.8 Å². The van der Waals surface area contributed by atoms with Crippen molar-refractivity contribution < 1.29 is 0 Å². The molecule has 0 bridgehead atoms. The molecule has 0 amide bonds. The van der Waals surface area contributed by atoms with E-state index in [1.807, 2.05) is 12.3 Å². The fourth-order valence-electron chi connectivity index (χ4n) is 2.17. The zero-order valence-electron chi connectivity index (χ0n) is 9.42. The Morgan fingerprint density at radius 2 is 2.31 bits per heavy atom. The van der Waals surface area contributed by atoms with Gasteiger partial charge in [0.2, 0.25) is 0 Å². The Balaban J connectivity index is 2.30. The van der Waals surface area contributed by atoms with Crippen molar-refractivity contribution in [2.45, 2.75) is 32.2 Å². The summed E-state index contributed by atoms with van der Waals surface area (Å²) in [5.74, 6) is 1.10. The van der Waals surface area contributed by atoms with Crippen molar-refractivity contribution in [3.8, 4) is 0 Å². The molecule has 1 unspecified atom stereocenters. The second-order valence-corrected chi connectivity index (χ2v) is 5.70. The summed E-state index contributed by atoms with van der Waals surface area (Å²) >= 11 is 7.26. The Morgan fingerprint density at radius 1 is 1.50 bits per heavy atom. The predicted molar refractivity (Wildman–Crippen MR) is 75.5 cm³/mol. The molecule has 2 rings (SSSR count). The molecule has 0 saturated carbocycles. The van der Waals surface area contributed by atoms with Crippen LogP contribution < -0.4 is 4.90 Å². The van der Waals surface area contributed by atoms with Crippen molar-refractivity contribution in [1.82, 2.24) is 4.98 Å². The molecule has 1 aromatic heterocycles. The van der Waals surface area contributed by atoms with Gasteiger partial charge < -0.3 is 4.90 Å². The van der Waals surface area contributed by atoms with E-state index in [-0.39, 0.29) is 0 Å². The molecular weight excluding hydrogens is 332 g/mol. The molecule has 88 valence electrons. The number of alkyl halides is 1. The van der Waals surface area contributed by atoms with Crippen LogP contribution in [0.2, 0.25) is 0 Å². The monoisotopic (exact) mass is 346 g/mol. The van der Waals surface area contributed by atoms with Gasteiger partial charge in [-0.2, -0.15) is 0 Å². The molecule has 16 heavy (non-hydrogen) atoms. The fraction of sp³-hybridized carbons (Fsp3) is 0.583. The predicted octanol–water partition coefficient (Wildman–Crippen LogP) is 3.91. The number of anilines is 1. The van der Waals surface area contributed by atoms with Crippen LogP contribution >= 0.6 is 31.9 Å². The molecule has 1 aliphatic heterocycles.